The van der Waals surface area contributed by atoms with Crippen molar-refractivity contribution in [3.05, 3.63) is 17.5 Å². The van der Waals surface area contributed by atoms with Crippen LogP contribution in [0, 0.1) is 5.92 Å². The van der Waals surface area contributed by atoms with Gasteiger partial charge in [0.05, 0.1) is 18.9 Å². The van der Waals surface area contributed by atoms with Crippen molar-refractivity contribution in [3.63, 3.8) is 0 Å². The first kappa shape index (κ1) is 15.5. The molecule has 2 unspecified atom stereocenters. The molecule has 114 valence electrons. The Morgan fingerprint density at radius 1 is 1.50 bits per heavy atom. The second-order valence-electron chi connectivity index (χ2n) is 6.11. The monoisotopic (exact) mass is 281 g/mol. The Morgan fingerprint density at radius 3 is 3.05 bits per heavy atom. The zero-order chi connectivity index (χ0) is 14.5. The molecular formula is C15H27N3O2. The Kier molecular flexibility index (Phi) is 5.57. The van der Waals surface area contributed by atoms with Crippen molar-refractivity contribution in [2.45, 2.75) is 45.3 Å². The molecule has 5 nitrogen and oxygen atoms in total. The Balaban J connectivity index is 1.77. The van der Waals surface area contributed by atoms with Crippen molar-refractivity contribution >= 4 is 0 Å². The maximum Gasteiger partial charge on any atom is 0.0897 e. The molecule has 0 saturated carbocycles. The molecule has 2 rings (SSSR count). The minimum atomic E-state index is -0.448. The second kappa shape index (κ2) is 7.20. The normalized spacial score (nSPS) is 20.1. The molecular weight excluding hydrogens is 254 g/mol. The highest BCUT2D eigenvalue weighted by molar-refractivity contribution is 5.24. The summed E-state index contributed by atoms with van der Waals surface area (Å²) in [4.78, 5) is 0. The lowest BCUT2D eigenvalue weighted by molar-refractivity contribution is 0.0247. The number of ether oxygens (including phenoxy) is 1. The summed E-state index contributed by atoms with van der Waals surface area (Å²) in [5.41, 5.74) is 2.60. The summed E-state index contributed by atoms with van der Waals surface area (Å²) < 4.78 is 7.43. The van der Waals surface area contributed by atoms with Crippen LogP contribution in [-0.2, 0) is 18.2 Å². The van der Waals surface area contributed by atoms with Gasteiger partial charge in [-0.3, -0.25) is 4.68 Å². The minimum absolute atomic E-state index is 0.312. The van der Waals surface area contributed by atoms with Crippen LogP contribution in [0.25, 0.3) is 0 Å². The lowest BCUT2D eigenvalue weighted by Gasteiger charge is -2.25. The van der Waals surface area contributed by atoms with E-state index in [4.69, 9.17) is 4.74 Å². The molecule has 0 amide bonds. The highest BCUT2D eigenvalue weighted by atomic mass is 16.5. The minimum Gasteiger partial charge on any atom is -0.389 e. The average molecular weight is 281 g/mol. The van der Waals surface area contributed by atoms with E-state index in [0.29, 0.717) is 31.7 Å². The first-order chi connectivity index (χ1) is 9.58. The predicted molar refractivity (Wildman–Crippen MR) is 78.6 cm³/mol. The molecule has 2 N–H and O–H groups in total. The quantitative estimate of drug-likeness (QED) is 0.793. The van der Waals surface area contributed by atoms with Crippen molar-refractivity contribution < 1.29 is 9.84 Å². The summed E-state index contributed by atoms with van der Waals surface area (Å²) >= 11 is 0. The van der Waals surface area contributed by atoms with Gasteiger partial charge >= 0.3 is 0 Å². The number of aryl methyl sites for hydroxylation is 1. The van der Waals surface area contributed by atoms with Gasteiger partial charge in [0.25, 0.3) is 0 Å². The largest absolute Gasteiger partial charge is 0.389 e. The van der Waals surface area contributed by atoms with Crippen molar-refractivity contribution in [3.8, 4) is 0 Å². The van der Waals surface area contributed by atoms with Gasteiger partial charge in [0.1, 0.15) is 0 Å². The Bertz CT molecular complexity index is 417. The molecule has 1 heterocycles. The number of nitrogens with one attached hydrogen (secondary N) is 1. The fourth-order valence-corrected chi connectivity index (χ4v) is 2.70. The smallest absolute Gasteiger partial charge is 0.0897 e. The summed E-state index contributed by atoms with van der Waals surface area (Å²) in [7, 11) is 2.00. The van der Waals surface area contributed by atoms with Crippen LogP contribution in [0.1, 0.15) is 44.0 Å². The number of rotatable bonds is 7. The van der Waals surface area contributed by atoms with E-state index in [1.54, 1.807) is 0 Å². The number of hydrogen-bond donors (Lipinski definition) is 2. The topological polar surface area (TPSA) is 59.3 Å². The SMILES string of the molecule is CC(C)COCC(O)CNC1CCCc2c1cnn2C. The van der Waals surface area contributed by atoms with Gasteiger partial charge in [0.15, 0.2) is 0 Å². The van der Waals surface area contributed by atoms with Gasteiger partial charge < -0.3 is 15.2 Å². The van der Waals surface area contributed by atoms with Gasteiger partial charge in [-0.15, -0.1) is 0 Å². The zero-order valence-corrected chi connectivity index (χ0v) is 12.8. The van der Waals surface area contributed by atoms with Crippen LogP contribution in [0.5, 0.6) is 0 Å². The number of fused-ring (bicyclic) bond motifs is 1. The maximum absolute atomic E-state index is 9.94. The molecule has 1 aromatic heterocycles. The Hall–Kier alpha value is -0.910. The summed E-state index contributed by atoms with van der Waals surface area (Å²) in [6, 6.07) is 0.312. The highest BCUT2D eigenvalue weighted by Gasteiger charge is 2.23. The van der Waals surface area contributed by atoms with Crippen LogP contribution in [-0.4, -0.2) is 40.7 Å². The van der Waals surface area contributed by atoms with E-state index in [0.717, 1.165) is 12.8 Å². The standard InChI is InChI=1S/C15H27N3O2/c1-11(2)9-20-10-12(19)7-16-14-5-4-6-15-13(14)8-17-18(15)3/h8,11-12,14,16,19H,4-7,9-10H2,1-3H3. The third kappa shape index (κ3) is 4.04. The van der Waals surface area contributed by atoms with Gasteiger partial charge in [0, 0.05) is 37.5 Å². The summed E-state index contributed by atoms with van der Waals surface area (Å²) in [6.07, 6.45) is 4.89. The number of hydrogen-bond acceptors (Lipinski definition) is 4. The molecule has 5 heteroatoms. The zero-order valence-electron chi connectivity index (χ0n) is 12.8. The van der Waals surface area contributed by atoms with Crippen molar-refractivity contribution in [2.75, 3.05) is 19.8 Å². The number of aliphatic hydroxyl groups is 1. The van der Waals surface area contributed by atoms with E-state index in [-0.39, 0.29) is 0 Å². The van der Waals surface area contributed by atoms with Gasteiger partial charge in [-0.05, 0) is 25.2 Å². The Labute approximate surface area is 121 Å². The summed E-state index contributed by atoms with van der Waals surface area (Å²) in [6.45, 7) is 5.88. The van der Waals surface area contributed by atoms with Crippen molar-refractivity contribution in [1.82, 2.24) is 15.1 Å². The molecule has 0 spiro atoms. The van der Waals surface area contributed by atoms with Gasteiger partial charge in [-0.1, -0.05) is 13.8 Å². The van der Waals surface area contributed by atoms with Crippen LogP contribution in [0.3, 0.4) is 0 Å². The van der Waals surface area contributed by atoms with Crippen LogP contribution >= 0.6 is 0 Å². The summed E-state index contributed by atoms with van der Waals surface area (Å²) in [5, 5.41) is 17.7. The third-order valence-electron chi connectivity index (χ3n) is 3.74. The first-order valence-corrected chi connectivity index (χ1v) is 7.58. The molecule has 1 aliphatic carbocycles. The van der Waals surface area contributed by atoms with Crippen LogP contribution < -0.4 is 5.32 Å². The maximum atomic E-state index is 9.94. The van der Waals surface area contributed by atoms with Crippen molar-refractivity contribution in [1.29, 1.82) is 0 Å². The van der Waals surface area contributed by atoms with Crippen LogP contribution in [0.4, 0.5) is 0 Å². The van der Waals surface area contributed by atoms with Gasteiger partial charge in [-0.25, -0.2) is 0 Å². The molecule has 0 bridgehead atoms. The van der Waals surface area contributed by atoms with E-state index in [1.165, 1.54) is 17.7 Å². The van der Waals surface area contributed by atoms with Crippen LogP contribution in [0.2, 0.25) is 0 Å². The van der Waals surface area contributed by atoms with Crippen LogP contribution in [0.15, 0.2) is 6.20 Å². The molecule has 20 heavy (non-hydrogen) atoms. The molecule has 0 aromatic carbocycles. The molecule has 0 fully saturated rings. The molecule has 0 saturated heterocycles. The van der Waals surface area contributed by atoms with E-state index in [9.17, 15) is 5.11 Å². The number of aliphatic hydroxyl groups excluding tert-OH is 1. The van der Waals surface area contributed by atoms with E-state index in [1.807, 2.05) is 17.9 Å². The fraction of sp³-hybridized carbons (Fsp3) is 0.800. The lowest BCUT2D eigenvalue weighted by Crippen LogP contribution is -2.34. The molecule has 1 aromatic rings. The number of aromatic nitrogens is 2. The molecule has 0 aliphatic heterocycles. The lowest BCUT2D eigenvalue weighted by atomic mass is 9.93. The van der Waals surface area contributed by atoms with Gasteiger partial charge in [0.2, 0.25) is 0 Å². The predicted octanol–water partition coefficient (Wildman–Crippen LogP) is 1.42. The number of nitrogens with zero attached hydrogens (tertiary/aromatic N) is 2. The molecule has 1 aliphatic rings. The highest BCUT2D eigenvalue weighted by Crippen LogP contribution is 2.28. The molecule has 0 radical (unpaired) electrons. The average Bonchev–Trinajstić information content (AvgIpc) is 2.78. The van der Waals surface area contributed by atoms with E-state index in [2.05, 4.69) is 24.3 Å². The van der Waals surface area contributed by atoms with E-state index < -0.39 is 6.10 Å². The second-order valence-corrected chi connectivity index (χ2v) is 6.11. The molecule has 2 atom stereocenters. The summed E-state index contributed by atoms with van der Waals surface area (Å²) in [5.74, 6) is 0.506. The third-order valence-corrected chi connectivity index (χ3v) is 3.74. The van der Waals surface area contributed by atoms with Gasteiger partial charge in [-0.2, -0.15) is 5.10 Å². The first-order valence-electron chi connectivity index (χ1n) is 7.58. The van der Waals surface area contributed by atoms with Crippen molar-refractivity contribution in [2.24, 2.45) is 13.0 Å². The Morgan fingerprint density at radius 2 is 2.30 bits per heavy atom. The fourth-order valence-electron chi connectivity index (χ4n) is 2.70. The van der Waals surface area contributed by atoms with E-state index >= 15 is 0 Å².